The van der Waals surface area contributed by atoms with E-state index in [9.17, 15) is 9.59 Å². The summed E-state index contributed by atoms with van der Waals surface area (Å²) in [6, 6.07) is 39.9. The number of ether oxygens (including phenoxy) is 6. The van der Waals surface area contributed by atoms with Gasteiger partial charge in [0, 0.05) is 3.57 Å². The molecule has 0 heterocycles. The van der Waals surface area contributed by atoms with Crippen LogP contribution in [0.1, 0.15) is 78.1 Å². The van der Waals surface area contributed by atoms with Gasteiger partial charge < -0.3 is 28.4 Å². The molecule has 0 spiro atoms. The Balaban J connectivity index is 0.683. The van der Waals surface area contributed by atoms with Crippen molar-refractivity contribution in [3.63, 3.8) is 0 Å². The summed E-state index contributed by atoms with van der Waals surface area (Å²) in [5.74, 6) is 8.62. The van der Waals surface area contributed by atoms with Crippen molar-refractivity contribution in [1.82, 2.24) is 0 Å². The first-order valence-electron chi connectivity index (χ1n) is 24.0. The highest BCUT2D eigenvalue weighted by molar-refractivity contribution is 14.1. The average Bonchev–Trinajstić information content (AvgIpc) is 3.31. The summed E-state index contributed by atoms with van der Waals surface area (Å²) < 4.78 is 37.8. The lowest BCUT2D eigenvalue weighted by Gasteiger charge is -2.59. The zero-order valence-electron chi connectivity index (χ0n) is 37.7. The fourth-order valence-corrected chi connectivity index (χ4v) is 15.6. The highest BCUT2D eigenvalue weighted by Gasteiger charge is 2.58. The van der Waals surface area contributed by atoms with E-state index in [0.717, 1.165) is 45.0 Å². The second-order valence-corrected chi connectivity index (χ2v) is 23.6. The Morgan fingerprint density at radius 3 is 1.03 bits per heavy atom. The quantitative estimate of drug-likeness (QED) is 0.0582. The highest BCUT2D eigenvalue weighted by atomic mass is 127. The first-order chi connectivity index (χ1) is 32.0. The predicted molar refractivity (Wildman–Crippen MR) is 261 cm³/mol. The van der Waals surface area contributed by atoms with Crippen LogP contribution in [0.25, 0.3) is 0 Å². The molecule has 0 unspecified atom stereocenters. The van der Waals surface area contributed by atoms with Gasteiger partial charge in [-0.05, 0) is 269 Å². The van der Waals surface area contributed by atoms with Gasteiger partial charge in [-0.25, -0.2) is 9.59 Å². The van der Waals surface area contributed by atoms with Crippen molar-refractivity contribution in [2.45, 2.75) is 104 Å². The Labute approximate surface area is 404 Å². The number of rotatable bonds is 15. The van der Waals surface area contributed by atoms with E-state index in [2.05, 4.69) is 85.0 Å². The van der Waals surface area contributed by atoms with Crippen molar-refractivity contribution in [2.24, 2.45) is 47.3 Å². The van der Waals surface area contributed by atoms with Crippen LogP contribution in [0.2, 0.25) is 0 Å². The molecule has 5 aromatic rings. The lowest BCUT2D eigenvalue weighted by molar-refractivity contribution is -0.205. The van der Waals surface area contributed by atoms with Crippen LogP contribution in [0.4, 0.5) is 0 Å². The molecule has 8 aliphatic rings. The number of halogens is 1. The third-order valence-electron chi connectivity index (χ3n) is 16.2. The van der Waals surface area contributed by atoms with Gasteiger partial charge in [0.25, 0.3) is 0 Å². The van der Waals surface area contributed by atoms with Crippen LogP contribution < -0.4 is 18.9 Å². The van der Waals surface area contributed by atoms with Gasteiger partial charge in [-0.15, -0.1) is 0 Å². The minimum Gasteiger partial charge on any atom is -0.482 e. The Kier molecular flexibility index (Phi) is 12.0. The maximum absolute atomic E-state index is 13.0. The molecular weight excluding hydrogens is 960 g/mol. The van der Waals surface area contributed by atoms with Gasteiger partial charge in [-0.1, -0.05) is 0 Å². The number of benzene rings is 5. The number of hydrogen-bond donors (Lipinski definition) is 0. The molecule has 0 saturated heterocycles. The summed E-state index contributed by atoms with van der Waals surface area (Å²) in [5.41, 5.74) is -0.721. The number of carbonyl (C=O) groups is 2. The summed E-state index contributed by atoms with van der Waals surface area (Å²) in [6.45, 7) is 4.12. The van der Waals surface area contributed by atoms with Gasteiger partial charge in [-0.3, -0.25) is 0 Å². The molecule has 13 rings (SSSR count). The lowest BCUT2D eigenvalue weighted by atomic mass is 9.50. The molecule has 10 heteroatoms. The highest BCUT2D eigenvalue weighted by Crippen LogP contribution is 2.60. The number of esters is 2. The van der Waals surface area contributed by atoms with Crippen molar-refractivity contribution in [3.05, 3.63) is 125 Å². The summed E-state index contributed by atoms with van der Waals surface area (Å²) in [5, 5.41) is 0. The van der Waals surface area contributed by atoms with Crippen molar-refractivity contribution < 1.29 is 38.0 Å². The van der Waals surface area contributed by atoms with Crippen molar-refractivity contribution in [2.75, 3.05) is 13.2 Å². The molecule has 8 saturated carbocycles. The molecule has 0 radical (unpaired) electrons. The zero-order chi connectivity index (χ0) is 45.0. The second kappa shape index (κ2) is 18.1. The molecule has 0 atom stereocenters. The first-order valence-corrected chi connectivity index (χ1v) is 26.3. The van der Waals surface area contributed by atoms with E-state index in [1.165, 1.54) is 72.7 Å². The van der Waals surface area contributed by atoms with Gasteiger partial charge in [0.15, 0.2) is 27.9 Å². The Hall–Kier alpha value is -4.68. The zero-order valence-corrected chi connectivity index (χ0v) is 40.7. The monoisotopic (exact) mass is 1020 g/mol. The van der Waals surface area contributed by atoms with Crippen LogP contribution >= 0.6 is 22.6 Å². The summed E-state index contributed by atoms with van der Waals surface area (Å²) in [7, 11) is -0.388. The molecule has 0 N–H and O–H groups in total. The van der Waals surface area contributed by atoms with Gasteiger partial charge in [0.2, 0.25) is 0 Å². The number of carbonyl (C=O) groups excluding carboxylic acids is 2. The maximum Gasteiger partial charge on any atom is 0.344 e. The maximum atomic E-state index is 13.0. The third kappa shape index (κ3) is 9.05. The third-order valence-corrected chi connectivity index (χ3v) is 19.1. The van der Waals surface area contributed by atoms with E-state index in [4.69, 9.17) is 28.4 Å². The molecule has 8 nitrogen and oxygen atoms in total. The van der Waals surface area contributed by atoms with Gasteiger partial charge >= 0.3 is 11.9 Å². The van der Waals surface area contributed by atoms with Crippen LogP contribution in [0, 0.1) is 50.9 Å². The SMILES string of the molecule is CC1(OC(=O)COc2ccc(Oc3ccc([S+](c4ccc(I)cc4)c4ccc(Oc5ccc(OCC(=O)OC6(C)C7CC8CC(C7)CC6C8)cc5)cc4)cc3)cc2)C2CC3CC(C2)CC1C3. The fraction of sp³-hybridized carbons (Fsp3) is 0.429. The first kappa shape index (κ1) is 43.9. The van der Waals surface area contributed by atoms with E-state index in [1.54, 1.807) is 0 Å². The van der Waals surface area contributed by atoms with Crippen molar-refractivity contribution >= 4 is 45.4 Å². The van der Waals surface area contributed by atoms with Crippen LogP contribution in [-0.4, -0.2) is 36.4 Å². The van der Waals surface area contributed by atoms with Crippen LogP contribution in [0.3, 0.4) is 0 Å². The Bertz CT molecular complexity index is 2310. The molecule has 0 amide bonds. The van der Waals surface area contributed by atoms with Gasteiger partial charge in [0.05, 0.1) is 10.9 Å². The van der Waals surface area contributed by atoms with Crippen LogP contribution in [0.15, 0.2) is 136 Å². The van der Waals surface area contributed by atoms with E-state index in [1.807, 2.05) is 72.8 Å². The van der Waals surface area contributed by atoms with Gasteiger partial charge in [-0.2, -0.15) is 0 Å². The summed E-state index contributed by atoms with van der Waals surface area (Å²) in [6.07, 6.45) is 12.3. The Morgan fingerprint density at radius 1 is 0.439 bits per heavy atom. The summed E-state index contributed by atoms with van der Waals surface area (Å²) >= 11 is 2.34. The number of hydrogen-bond acceptors (Lipinski definition) is 8. The van der Waals surface area contributed by atoms with Crippen LogP contribution in [-0.2, 0) is 30.0 Å². The largest absolute Gasteiger partial charge is 0.482 e. The Morgan fingerprint density at radius 2 is 0.712 bits per heavy atom. The molecule has 8 aliphatic carbocycles. The van der Waals surface area contributed by atoms with E-state index in [-0.39, 0.29) is 47.2 Å². The normalized spacial score (nSPS) is 30.3. The van der Waals surface area contributed by atoms with Crippen LogP contribution in [0.5, 0.6) is 34.5 Å². The molecule has 0 aromatic heterocycles. The fourth-order valence-electron chi connectivity index (χ4n) is 13.2. The standard InChI is InChI=1S/C56H58IO8S/c1-55(39-25-35-23-36(27-39)28-40(55)26-35)64-53(58)33-60-44-5-9-46(10-6-44)62-48-13-19-51(20-14-48)66(50-17-3-43(57)4-18-50)52-21-15-49(16-22-52)63-47-11-7-45(8-12-47)61-34-54(59)65-56(2)41-29-37-24-38(31-41)32-42(56)30-37/h3-22,35-42H,23-34H2,1-2H3/q+1. The molecule has 5 aromatic carbocycles. The minimum absolute atomic E-state index is 0.104. The topological polar surface area (TPSA) is 89.5 Å². The lowest BCUT2D eigenvalue weighted by Crippen LogP contribution is -2.58. The van der Waals surface area contributed by atoms with E-state index < -0.39 is 0 Å². The molecule has 342 valence electrons. The molecule has 8 fully saturated rings. The predicted octanol–water partition coefficient (Wildman–Crippen LogP) is 13.2. The molecule has 0 aliphatic heterocycles. The molecule has 8 bridgehead atoms. The van der Waals surface area contributed by atoms with Crippen molar-refractivity contribution in [3.8, 4) is 34.5 Å². The molecular formula is C56H58IO8S+. The molecule has 66 heavy (non-hydrogen) atoms. The smallest absolute Gasteiger partial charge is 0.344 e. The van der Waals surface area contributed by atoms with Gasteiger partial charge in [0.1, 0.15) is 45.7 Å². The summed E-state index contributed by atoms with van der Waals surface area (Å²) in [4.78, 5) is 29.5. The van der Waals surface area contributed by atoms with Crippen molar-refractivity contribution in [1.29, 1.82) is 0 Å². The minimum atomic E-state index is -0.388. The van der Waals surface area contributed by atoms with E-state index in [0.29, 0.717) is 46.7 Å². The average molecular weight is 1020 g/mol. The van der Waals surface area contributed by atoms with E-state index >= 15 is 0 Å². The second-order valence-electron chi connectivity index (χ2n) is 20.4.